The van der Waals surface area contributed by atoms with Gasteiger partial charge in [-0.05, 0) is 44.5 Å². The van der Waals surface area contributed by atoms with Crippen LogP contribution in [0.15, 0.2) is 18.2 Å². The Morgan fingerprint density at radius 2 is 1.81 bits per heavy atom. The highest BCUT2D eigenvalue weighted by Gasteiger charge is 2.26. The van der Waals surface area contributed by atoms with Crippen molar-refractivity contribution in [1.29, 1.82) is 0 Å². The van der Waals surface area contributed by atoms with Gasteiger partial charge in [-0.15, -0.1) is 0 Å². The fraction of sp³-hybridized carbons (Fsp3) is 0.455. The molecule has 4 nitrogen and oxygen atoms in total. The van der Waals surface area contributed by atoms with Crippen molar-refractivity contribution in [3.63, 3.8) is 0 Å². The molecule has 0 aliphatic heterocycles. The van der Waals surface area contributed by atoms with Gasteiger partial charge in [0.25, 0.3) is 0 Å². The van der Waals surface area contributed by atoms with Crippen LogP contribution in [0.4, 0.5) is 5.69 Å². The highest BCUT2D eigenvalue weighted by Crippen LogP contribution is 2.47. The quantitative estimate of drug-likeness (QED) is 0.637. The molecule has 1 aromatic rings. The average Bonchev–Trinajstić information content (AvgIpc) is 2.22. The number of benzene rings is 1. The monoisotopic (exact) mass is 243 g/mol. The Kier molecular flexibility index (Phi) is 4.54. The van der Waals surface area contributed by atoms with Crippen molar-refractivity contribution in [3.05, 3.63) is 23.8 Å². The maximum atomic E-state index is 12.4. The predicted octanol–water partition coefficient (Wildman–Crippen LogP) is 2.47. The smallest absolute Gasteiger partial charge is 0.361 e. The number of hydrogen-bond acceptors (Lipinski definition) is 4. The lowest BCUT2D eigenvalue weighted by Gasteiger charge is -2.17. The minimum atomic E-state index is -3.17. The van der Waals surface area contributed by atoms with Crippen molar-refractivity contribution in [2.45, 2.75) is 20.8 Å². The summed E-state index contributed by atoms with van der Waals surface area (Å²) in [6.07, 6.45) is 0. The first-order valence-corrected chi connectivity index (χ1v) is 6.83. The van der Waals surface area contributed by atoms with Gasteiger partial charge in [-0.1, -0.05) is 0 Å². The zero-order valence-electron chi connectivity index (χ0n) is 9.90. The molecule has 2 N–H and O–H groups in total. The normalized spacial score (nSPS) is 11.7. The topological polar surface area (TPSA) is 61.5 Å². The van der Waals surface area contributed by atoms with Gasteiger partial charge in [-0.2, -0.15) is 0 Å². The predicted molar refractivity (Wildman–Crippen MR) is 66.1 cm³/mol. The van der Waals surface area contributed by atoms with Gasteiger partial charge in [0.2, 0.25) is 0 Å². The van der Waals surface area contributed by atoms with Crippen LogP contribution >= 0.6 is 7.60 Å². The van der Waals surface area contributed by atoms with E-state index in [0.717, 1.165) is 5.56 Å². The van der Waals surface area contributed by atoms with Crippen molar-refractivity contribution >= 4 is 18.6 Å². The molecule has 90 valence electrons. The van der Waals surface area contributed by atoms with E-state index in [0.29, 0.717) is 24.2 Å². The Balaban J connectivity index is 3.11. The molecule has 0 unspecified atom stereocenters. The summed E-state index contributed by atoms with van der Waals surface area (Å²) in [6.45, 7) is 6.13. The number of hydrogen-bond donors (Lipinski definition) is 1. The van der Waals surface area contributed by atoms with E-state index in [1.807, 2.05) is 6.92 Å². The Morgan fingerprint density at radius 3 is 2.25 bits per heavy atom. The molecule has 0 amide bonds. The van der Waals surface area contributed by atoms with E-state index in [4.69, 9.17) is 14.8 Å². The molecule has 1 aromatic carbocycles. The maximum absolute atomic E-state index is 12.4. The zero-order valence-corrected chi connectivity index (χ0v) is 10.8. The average molecular weight is 243 g/mol. The van der Waals surface area contributed by atoms with Gasteiger partial charge >= 0.3 is 7.60 Å². The second-order valence-corrected chi connectivity index (χ2v) is 5.40. The third kappa shape index (κ3) is 2.85. The molecule has 5 heteroatoms. The summed E-state index contributed by atoms with van der Waals surface area (Å²) in [6, 6.07) is 5.16. The molecule has 0 heterocycles. The van der Waals surface area contributed by atoms with Crippen molar-refractivity contribution in [2.24, 2.45) is 0 Å². The molecule has 0 aromatic heterocycles. The van der Waals surface area contributed by atoms with Crippen LogP contribution in [-0.2, 0) is 13.6 Å². The lowest BCUT2D eigenvalue weighted by molar-refractivity contribution is 0.230. The Morgan fingerprint density at radius 1 is 1.25 bits per heavy atom. The molecule has 0 fully saturated rings. The van der Waals surface area contributed by atoms with Crippen LogP contribution in [0.2, 0.25) is 0 Å². The highest BCUT2D eigenvalue weighted by atomic mass is 31.2. The number of rotatable bonds is 5. The molecule has 0 bridgehead atoms. The molecule has 0 atom stereocenters. The van der Waals surface area contributed by atoms with Crippen LogP contribution in [0.3, 0.4) is 0 Å². The minimum absolute atomic E-state index is 0.348. The molecular formula is C11H18NO3P. The molecule has 16 heavy (non-hydrogen) atoms. The molecule has 0 aliphatic rings. The van der Waals surface area contributed by atoms with Crippen LogP contribution in [0.5, 0.6) is 0 Å². The van der Waals surface area contributed by atoms with E-state index in [2.05, 4.69) is 0 Å². The van der Waals surface area contributed by atoms with Crippen LogP contribution in [-0.4, -0.2) is 13.2 Å². The fourth-order valence-electron chi connectivity index (χ4n) is 1.36. The van der Waals surface area contributed by atoms with E-state index >= 15 is 0 Å². The second kappa shape index (κ2) is 5.48. The van der Waals surface area contributed by atoms with Crippen LogP contribution in [0, 0.1) is 6.92 Å². The van der Waals surface area contributed by atoms with Gasteiger partial charge in [0.05, 0.1) is 18.5 Å². The summed E-state index contributed by atoms with van der Waals surface area (Å²) in [7, 11) is -3.17. The van der Waals surface area contributed by atoms with Crippen molar-refractivity contribution in [3.8, 4) is 0 Å². The van der Waals surface area contributed by atoms with E-state index in [-0.39, 0.29) is 0 Å². The summed E-state index contributed by atoms with van der Waals surface area (Å²) in [5, 5.41) is 0.558. The lowest BCUT2D eigenvalue weighted by atomic mass is 10.2. The van der Waals surface area contributed by atoms with Gasteiger partial charge in [0.15, 0.2) is 0 Å². The van der Waals surface area contributed by atoms with Gasteiger partial charge < -0.3 is 14.8 Å². The van der Waals surface area contributed by atoms with Crippen molar-refractivity contribution in [2.75, 3.05) is 18.9 Å². The highest BCUT2D eigenvalue weighted by molar-refractivity contribution is 7.62. The molecule has 0 saturated heterocycles. The Labute approximate surface area is 96.3 Å². The van der Waals surface area contributed by atoms with Crippen LogP contribution in [0.25, 0.3) is 0 Å². The largest absolute Gasteiger partial charge is 0.399 e. The van der Waals surface area contributed by atoms with Crippen LogP contribution < -0.4 is 11.0 Å². The summed E-state index contributed by atoms with van der Waals surface area (Å²) in [4.78, 5) is 0. The van der Waals surface area contributed by atoms with Gasteiger partial charge in [-0.3, -0.25) is 4.57 Å². The SMILES string of the molecule is CCOP(=O)(OCC)c1ccc(N)c(C)c1. The molecule has 0 spiro atoms. The third-order valence-electron chi connectivity index (χ3n) is 2.17. The first-order chi connectivity index (χ1) is 7.53. The molecule has 0 aliphatic carbocycles. The van der Waals surface area contributed by atoms with Crippen molar-refractivity contribution in [1.82, 2.24) is 0 Å². The minimum Gasteiger partial charge on any atom is -0.399 e. The van der Waals surface area contributed by atoms with Gasteiger partial charge in [-0.25, -0.2) is 0 Å². The van der Waals surface area contributed by atoms with E-state index in [1.54, 1.807) is 32.0 Å². The maximum Gasteiger partial charge on any atom is 0.361 e. The fourth-order valence-corrected chi connectivity index (χ4v) is 3.02. The second-order valence-electron chi connectivity index (χ2n) is 3.37. The third-order valence-corrected chi connectivity index (χ3v) is 4.27. The number of aryl methyl sites for hydroxylation is 1. The first-order valence-electron chi connectivity index (χ1n) is 5.29. The summed E-state index contributed by atoms with van der Waals surface area (Å²) >= 11 is 0. The molecule has 1 rings (SSSR count). The summed E-state index contributed by atoms with van der Waals surface area (Å²) < 4.78 is 22.9. The zero-order chi connectivity index (χ0) is 12.2. The van der Waals surface area contributed by atoms with E-state index in [1.165, 1.54) is 0 Å². The number of nitrogens with two attached hydrogens (primary N) is 1. The van der Waals surface area contributed by atoms with Crippen molar-refractivity contribution < 1.29 is 13.6 Å². The Bertz CT molecular complexity index is 396. The van der Waals surface area contributed by atoms with E-state index < -0.39 is 7.60 Å². The summed E-state index contributed by atoms with van der Waals surface area (Å²) in [5.41, 5.74) is 7.25. The summed E-state index contributed by atoms with van der Waals surface area (Å²) in [5.74, 6) is 0. The molecular weight excluding hydrogens is 225 g/mol. The standard InChI is InChI=1S/C11H18NO3P/c1-4-14-16(13,15-5-2)10-6-7-11(12)9(3)8-10/h6-8H,4-5,12H2,1-3H3. The Hall–Kier alpha value is -0.830. The van der Waals surface area contributed by atoms with Gasteiger partial charge in [0.1, 0.15) is 0 Å². The number of nitrogen functional groups attached to an aromatic ring is 1. The molecule has 0 radical (unpaired) electrons. The number of anilines is 1. The van der Waals surface area contributed by atoms with Gasteiger partial charge in [0, 0.05) is 5.69 Å². The lowest BCUT2D eigenvalue weighted by Crippen LogP contribution is -2.11. The van der Waals surface area contributed by atoms with E-state index in [9.17, 15) is 4.57 Å². The molecule has 0 saturated carbocycles. The van der Waals surface area contributed by atoms with Crippen LogP contribution in [0.1, 0.15) is 19.4 Å². The first kappa shape index (κ1) is 13.2.